The molecule has 0 spiro atoms. The molecule has 4 rings (SSSR count). The molecule has 4 aromatic rings. The number of rotatable bonds is 13. The van der Waals surface area contributed by atoms with Gasteiger partial charge in [0.2, 0.25) is 0 Å². The largest absolute Gasteiger partial charge is 0.0654 e. The Labute approximate surface area is 221 Å². The van der Waals surface area contributed by atoms with Gasteiger partial charge in [0.1, 0.15) is 0 Å². The van der Waals surface area contributed by atoms with E-state index in [1.54, 1.807) is 0 Å². The fourth-order valence-electron chi connectivity index (χ4n) is 5.34. The molecule has 2 heteroatoms. The minimum Gasteiger partial charge on any atom is -0.0654 e. The predicted octanol–water partition coefficient (Wildman–Crippen LogP) is 8.23. The lowest BCUT2D eigenvalue weighted by Crippen LogP contribution is -2.34. The van der Waals surface area contributed by atoms with E-state index >= 15 is 0 Å². The molecule has 36 heavy (non-hydrogen) atoms. The molecule has 0 saturated carbocycles. The Morgan fingerprint density at radius 2 is 0.778 bits per heavy atom. The van der Waals surface area contributed by atoms with Crippen molar-refractivity contribution in [3.8, 4) is 0 Å². The number of hydrogen-bond acceptors (Lipinski definition) is 0. The molecule has 186 valence electrons. The van der Waals surface area contributed by atoms with Gasteiger partial charge in [-0.05, 0) is 67.6 Å². The van der Waals surface area contributed by atoms with Crippen LogP contribution in [0.2, 0.25) is 0 Å². The fourth-order valence-corrected chi connectivity index (χ4v) is 11.2. The molecule has 0 aliphatic carbocycles. The van der Waals surface area contributed by atoms with Gasteiger partial charge in [0.15, 0.2) is 0 Å². The first kappa shape index (κ1) is 26.8. The van der Waals surface area contributed by atoms with Crippen molar-refractivity contribution in [2.75, 3.05) is 12.3 Å². The van der Waals surface area contributed by atoms with Crippen molar-refractivity contribution in [3.05, 3.63) is 121 Å². The summed E-state index contributed by atoms with van der Waals surface area (Å²) in [6, 6.07) is 45.4. The maximum Gasteiger partial charge on any atom is -0.0185 e. The molecule has 0 nitrogen and oxygen atoms in total. The molecule has 0 aliphatic heterocycles. The second-order valence-electron chi connectivity index (χ2n) is 9.87. The lowest BCUT2D eigenvalue weighted by atomic mass is 9.82. The van der Waals surface area contributed by atoms with Crippen molar-refractivity contribution >= 4 is 37.1 Å². The standard InChI is InChI=1S/C34H40P2/c1-3-5-27-34(26-4-2,28-35(30-18-10-6-11-19-30)31-20-12-7-13-21-31)29-36(32-22-14-8-15-23-32)33-24-16-9-17-25-33/h6-25H,3-5,26-29H2,1-2H3. The Hall–Kier alpha value is -2.26. The van der Waals surface area contributed by atoms with E-state index in [0.29, 0.717) is 5.41 Å². The highest BCUT2D eigenvalue weighted by molar-refractivity contribution is 7.74. The van der Waals surface area contributed by atoms with Crippen molar-refractivity contribution in [3.63, 3.8) is 0 Å². The van der Waals surface area contributed by atoms with Gasteiger partial charge in [0.05, 0.1) is 0 Å². The van der Waals surface area contributed by atoms with Crippen LogP contribution in [0.5, 0.6) is 0 Å². The molecule has 0 atom stereocenters. The smallest absolute Gasteiger partial charge is 0.0185 e. The Morgan fingerprint density at radius 3 is 1.06 bits per heavy atom. The van der Waals surface area contributed by atoms with Gasteiger partial charge < -0.3 is 0 Å². The van der Waals surface area contributed by atoms with E-state index < -0.39 is 15.8 Å². The maximum atomic E-state index is 2.39. The number of benzene rings is 4. The molecule has 0 unspecified atom stereocenters. The first-order valence-electron chi connectivity index (χ1n) is 13.5. The van der Waals surface area contributed by atoms with Crippen LogP contribution < -0.4 is 21.2 Å². The molecule has 0 saturated heterocycles. The van der Waals surface area contributed by atoms with E-state index in [1.807, 2.05) is 0 Å². The van der Waals surface area contributed by atoms with Crippen LogP contribution in [0.3, 0.4) is 0 Å². The van der Waals surface area contributed by atoms with Gasteiger partial charge in [-0.25, -0.2) is 0 Å². The summed E-state index contributed by atoms with van der Waals surface area (Å²) in [6.07, 6.45) is 8.95. The zero-order valence-electron chi connectivity index (χ0n) is 21.9. The summed E-state index contributed by atoms with van der Waals surface area (Å²) in [4.78, 5) is 0. The molecular weight excluding hydrogens is 470 g/mol. The predicted molar refractivity (Wildman–Crippen MR) is 165 cm³/mol. The molecule has 0 aliphatic rings. The monoisotopic (exact) mass is 510 g/mol. The maximum absolute atomic E-state index is 2.39. The van der Waals surface area contributed by atoms with Crippen LogP contribution in [0, 0.1) is 5.41 Å². The van der Waals surface area contributed by atoms with Gasteiger partial charge in [-0.3, -0.25) is 0 Å². The van der Waals surface area contributed by atoms with E-state index in [-0.39, 0.29) is 0 Å². The Bertz CT molecular complexity index is 963. The molecule has 0 amide bonds. The third-order valence-electron chi connectivity index (χ3n) is 7.10. The minimum absolute atomic E-state index is 0.319. The van der Waals surface area contributed by atoms with Crippen molar-refractivity contribution in [2.24, 2.45) is 5.41 Å². The summed E-state index contributed by atoms with van der Waals surface area (Å²) in [5.41, 5.74) is 0.319. The van der Waals surface area contributed by atoms with Gasteiger partial charge in [-0.2, -0.15) is 0 Å². The lowest BCUT2D eigenvalue weighted by Gasteiger charge is -2.40. The molecule has 4 aromatic carbocycles. The molecular formula is C34H40P2. The summed E-state index contributed by atoms with van der Waals surface area (Å²) in [6.45, 7) is 4.74. The Balaban J connectivity index is 1.78. The van der Waals surface area contributed by atoms with Crippen LogP contribution in [-0.4, -0.2) is 12.3 Å². The van der Waals surface area contributed by atoms with E-state index in [4.69, 9.17) is 0 Å². The van der Waals surface area contributed by atoms with Gasteiger partial charge in [0.25, 0.3) is 0 Å². The van der Waals surface area contributed by atoms with Gasteiger partial charge in [-0.15, -0.1) is 0 Å². The first-order valence-corrected chi connectivity index (χ1v) is 16.6. The normalized spacial score (nSPS) is 11.8. The number of unbranched alkanes of at least 4 members (excludes halogenated alkanes) is 1. The van der Waals surface area contributed by atoms with Crippen LogP contribution in [0.4, 0.5) is 0 Å². The molecule has 0 N–H and O–H groups in total. The molecule has 0 fully saturated rings. The summed E-state index contributed by atoms with van der Waals surface area (Å²) >= 11 is 0. The summed E-state index contributed by atoms with van der Waals surface area (Å²) in [5.74, 6) is 0. The van der Waals surface area contributed by atoms with E-state index in [2.05, 4.69) is 135 Å². The summed E-state index contributed by atoms with van der Waals surface area (Å²) < 4.78 is 0. The van der Waals surface area contributed by atoms with Crippen LogP contribution in [0.1, 0.15) is 46.0 Å². The molecule has 0 bridgehead atoms. The highest BCUT2D eigenvalue weighted by atomic mass is 31.1. The topological polar surface area (TPSA) is 0 Å². The molecule has 0 heterocycles. The van der Waals surface area contributed by atoms with Crippen LogP contribution >= 0.6 is 15.8 Å². The SMILES string of the molecule is CCCCC(CCC)(CP(c1ccccc1)c1ccccc1)CP(c1ccccc1)c1ccccc1. The van der Waals surface area contributed by atoms with Gasteiger partial charge in [-0.1, -0.05) is 154 Å². The fraction of sp³-hybridized carbons (Fsp3) is 0.294. The van der Waals surface area contributed by atoms with Crippen molar-refractivity contribution in [1.29, 1.82) is 0 Å². The highest BCUT2D eigenvalue weighted by Gasteiger charge is 2.36. The third-order valence-corrected chi connectivity index (χ3v) is 12.8. The van der Waals surface area contributed by atoms with E-state index in [9.17, 15) is 0 Å². The molecule has 0 radical (unpaired) electrons. The zero-order valence-corrected chi connectivity index (χ0v) is 23.7. The minimum atomic E-state index is -0.425. The van der Waals surface area contributed by atoms with Crippen LogP contribution in [-0.2, 0) is 0 Å². The Morgan fingerprint density at radius 1 is 0.444 bits per heavy atom. The number of hydrogen-bond donors (Lipinski definition) is 0. The second kappa shape index (κ2) is 13.9. The van der Waals surface area contributed by atoms with Crippen molar-refractivity contribution in [2.45, 2.75) is 46.0 Å². The second-order valence-corrected chi connectivity index (χ2v) is 14.3. The van der Waals surface area contributed by atoms with E-state index in [1.165, 1.54) is 65.6 Å². The first-order chi connectivity index (χ1) is 17.7. The quantitative estimate of drug-likeness (QED) is 0.159. The summed E-state index contributed by atoms with van der Waals surface area (Å²) in [5, 5.41) is 6.05. The van der Waals surface area contributed by atoms with Crippen LogP contribution in [0.25, 0.3) is 0 Å². The third kappa shape index (κ3) is 7.16. The van der Waals surface area contributed by atoms with Crippen molar-refractivity contribution in [1.82, 2.24) is 0 Å². The average molecular weight is 511 g/mol. The zero-order chi connectivity index (χ0) is 25.1. The highest BCUT2D eigenvalue weighted by Crippen LogP contribution is 2.51. The van der Waals surface area contributed by atoms with E-state index in [0.717, 1.165) is 0 Å². The van der Waals surface area contributed by atoms with Gasteiger partial charge >= 0.3 is 0 Å². The van der Waals surface area contributed by atoms with Crippen molar-refractivity contribution < 1.29 is 0 Å². The molecule has 0 aromatic heterocycles. The Kier molecular flexibility index (Phi) is 10.3. The summed E-state index contributed by atoms with van der Waals surface area (Å²) in [7, 11) is -0.850. The lowest BCUT2D eigenvalue weighted by molar-refractivity contribution is 0.308. The van der Waals surface area contributed by atoms with Gasteiger partial charge in [0, 0.05) is 0 Å². The van der Waals surface area contributed by atoms with Crippen LogP contribution in [0.15, 0.2) is 121 Å². The average Bonchev–Trinajstić information content (AvgIpc) is 2.95.